The van der Waals surface area contributed by atoms with E-state index in [1.807, 2.05) is 36.8 Å². The second-order valence-corrected chi connectivity index (χ2v) is 3.64. The molecule has 1 aromatic carbocycles. The van der Waals surface area contributed by atoms with E-state index in [1.165, 1.54) is 0 Å². The summed E-state index contributed by atoms with van der Waals surface area (Å²) in [6.07, 6.45) is 10.7. The lowest BCUT2D eigenvalue weighted by molar-refractivity contribution is -0.111. The normalized spacial score (nSPS) is 14.1. The number of ether oxygens (including phenoxy) is 1. The average Bonchev–Trinajstić information content (AvgIpc) is 2.90. The van der Waals surface area contributed by atoms with Crippen molar-refractivity contribution >= 4 is 11.9 Å². The molecule has 0 unspecified atom stereocenters. The monoisotopic (exact) mass is 225 g/mol. The SMILES string of the molecule is COc1ccc(/C=C/C(=O)C2=C[CH]C=C2)cc1. The van der Waals surface area contributed by atoms with Crippen LogP contribution >= 0.6 is 0 Å². The molecule has 1 aliphatic rings. The average molecular weight is 225 g/mol. The van der Waals surface area contributed by atoms with Crippen LogP contribution in [0, 0.1) is 6.42 Å². The maximum Gasteiger partial charge on any atom is 0.185 e. The standard InChI is InChI=1S/C15H13O2/c1-17-14-9-6-12(7-10-14)8-11-15(16)13-4-2-3-5-13/h2-11H,1H3/b11-8+. The summed E-state index contributed by atoms with van der Waals surface area (Å²) in [6, 6.07) is 7.56. The van der Waals surface area contributed by atoms with Crippen molar-refractivity contribution in [3.05, 3.63) is 66.1 Å². The minimum Gasteiger partial charge on any atom is -0.497 e. The van der Waals surface area contributed by atoms with Gasteiger partial charge >= 0.3 is 0 Å². The van der Waals surface area contributed by atoms with E-state index in [0.29, 0.717) is 0 Å². The molecule has 0 N–H and O–H groups in total. The second kappa shape index (κ2) is 5.30. The first-order valence-electron chi connectivity index (χ1n) is 5.38. The van der Waals surface area contributed by atoms with Crippen molar-refractivity contribution in [2.45, 2.75) is 0 Å². The Bertz CT molecular complexity index is 490. The molecule has 0 amide bonds. The van der Waals surface area contributed by atoms with Gasteiger partial charge in [0, 0.05) is 12.0 Å². The van der Waals surface area contributed by atoms with Crippen LogP contribution in [-0.4, -0.2) is 12.9 Å². The smallest absolute Gasteiger partial charge is 0.185 e. The first kappa shape index (κ1) is 11.4. The summed E-state index contributed by atoms with van der Waals surface area (Å²) >= 11 is 0. The highest BCUT2D eigenvalue weighted by Gasteiger charge is 2.04. The lowest BCUT2D eigenvalue weighted by Gasteiger charge is -1.99. The molecule has 0 saturated heterocycles. The van der Waals surface area contributed by atoms with Crippen molar-refractivity contribution in [3.8, 4) is 5.75 Å². The topological polar surface area (TPSA) is 26.3 Å². The fraction of sp³-hybridized carbons (Fsp3) is 0.0667. The number of hydrogen-bond donors (Lipinski definition) is 0. The van der Waals surface area contributed by atoms with Gasteiger partial charge in [-0.25, -0.2) is 0 Å². The molecule has 0 atom stereocenters. The molecule has 0 aliphatic heterocycles. The highest BCUT2D eigenvalue weighted by Crippen LogP contribution is 2.14. The molecule has 0 heterocycles. The van der Waals surface area contributed by atoms with Gasteiger partial charge in [0.05, 0.1) is 7.11 Å². The van der Waals surface area contributed by atoms with Crippen molar-refractivity contribution in [1.82, 2.24) is 0 Å². The molecule has 0 fully saturated rings. The zero-order valence-corrected chi connectivity index (χ0v) is 9.59. The largest absolute Gasteiger partial charge is 0.497 e. The van der Waals surface area contributed by atoms with Crippen LogP contribution in [0.15, 0.2) is 54.1 Å². The molecule has 17 heavy (non-hydrogen) atoms. The van der Waals surface area contributed by atoms with Gasteiger partial charge in [-0.2, -0.15) is 0 Å². The van der Waals surface area contributed by atoms with Crippen LogP contribution in [-0.2, 0) is 4.79 Å². The minimum absolute atomic E-state index is 0.0193. The van der Waals surface area contributed by atoms with Gasteiger partial charge in [-0.15, -0.1) is 0 Å². The number of allylic oxidation sites excluding steroid dienone is 5. The third-order valence-corrected chi connectivity index (χ3v) is 2.49. The Hall–Kier alpha value is -2.09. The fourth-order valence-electron chi connectivity index (χ4n) is 1.52. The Balaban J connectivity index is 2.04. The Kier molecular flexibility index (Phi) is 3.55. The first-order chi connectivity index (χ1) is 8.29. The van der Waals surface area contributed by atoms with Crippen molar-refractivity contribution in [2.75, 3.05) is 7.11 Å². The number of hydrogen-bond acceptors (Lipinski definition) is 2. The summed E-state index contributed by atoms with van der Waals surface area (Å²) in [4.78, 5) is 11.7. The number of rotatable bonds is 4. The molecule has 2 nitrogen and oxygen atoms in total. The number of ketones is 1. The van der Waals surface area contributed by atoms with E-state index in [2.05, 4.69) is 0 Å². The number of benzene rings is 1. The van der Waals surface area contributed by atoms with E-state index >= 15 is 0 Å². The zero-order valence-electron chi connectivity index (χ0n) is 9.59. The highest BCUT2D eigenvalue weighted by molar-refractivity contribution is 6.08. The summed E-state index contributed by atoms with van der Waals surface area (Å²) in [5.74, 6) is 0.829. The molecule has 0 bridgehead atoms. The van der Waals surface area contributed by atoms with Gasteiger partial charge in [-0.1, -0.05) is 36.4 Å². The predicted octanol–water partition coefficient (Wildman–Crippen LogP) is 2.98. The highest BCUT2D eigenvalue weighted by atomic mass is 16.5. The molecule has 2 rings (SSSR count). The van der Waals surface area contributed by atoms with Crippen molar-refractivity contribution in [3.63, 3.8) is 0 Å². The van der Waals surface area contributed by atoms with Crippen LogP contribution in [0.4, 0.5) is 0 Å². The van der Waals surface area contributed by atoms with Crippen LogP contribution in [0.2, 0.25) is 0 Å². The third kappa shape index (κ3) is 2.94. The Morgan fingerprint density at radius 3 is 2.59 bits per heavy atom. The van der Waals surface area contributed by atoms with Gasteiger partial charge in [0.2, 0.25) is 0 Å². The summed E-state index contributed by atoms with van der Waals surface area (Å²) in [6.45, 7) is 0. The second-order valence-electron chi connectivity index (χ2n) is 3.64. The van der Waals surface area contributed by atoms with E-state index in [1.54, 1.807) is 31.4 Å². The molecule has 2 heteroatoms. The molecule has 1 aromatic rings. The Labute approximate surface area is 101 Å². The number of methoxy groups -OCH3 is 1. The van der Waals surface area contributed by atoms with Gasteiger partial charge in [0.25, 0.3) is 0 Å². The van der Waals surface area contributed by atoms with Gasteiger partial charge in [0.1, 0.15) is 5.75 Å². The first-order valence-corrected chi connectivity index (χ1v) is 5.38. The van der Waals surface area contributed by atoms with Crippen molar-refractivity contribution in [1.29, 1.82) is 0 Å². The van der Waals surface area contributed by atoms with Crippen LogP contribution in [0.3, 0.4) is 0 Å². The fourth-order valence-corrected chi connectivity index (χ4v) is 1.52. The Morgan fingerprint density at radius 2 is 2.00 bits per heavy atom. The van der Waals surface area contributed by atoms with E-state index in [9.17, 15) is 4.79 Å². The van der Waals surface area contributed by atoms with E-state index in [4.69, 9.17) is 4.74 Å². The minimum atomic E-state index is 0.0193. The summed E-state index contributed by atoms with van der Waals surface area (Å²) < 4.78 is 5.06. The Morgan fingerprint density at radius 1 is 1.24 bits per heavy atom. The predicted molar refractivity (Wildman–Crippen MR) is 68.6 cm³/mol. The maximum absolute atomic E-state index is 11.7. The molecule has 0 spiro atoms. The molecule has 85 valence electrons. The van der Waals surface area contributed by atoms with Gasteiger partial charge in [-0.05, 0) is 23.8 Å². The zero-order chi connectivity index (χ0) is 12.1. The number of carbonyl (C=O) groups is 1. The maximum atomic E-state index is 11.7. The summed E-state index contributed by atoms with van der Waals surface area (Å²) in [5, 5.41) is 0. The van der Waals surface area contributed by atoms with Crippen LogP contribution in [0.25, 0.3) is 6.08 Å². The summed E-state index contributed by atoms with van der Waals surface area (Å²) in [5.41, 5.74) is 1.69. The van der Waals surface area contributed by atoms with Gasteiger partial charge < -0.3 is 4.74 Å². The molecule has 1 radical (unpaired) electrons. The molecule has 0 saturated carbocycles. The lowest BCUT2D eigenvalue weighted by Crippen LogP contribution is -1.93. The molecule has 1 aliphatic carbocycles. The van der Waals surface area contributed by atoms with Crippen LogP contribution in [0.1, 0.15) is 5.56 Å². The van der Waals surface area contributed by atoms with E-state index in [-0.39, 0.29) is 5.78 Å². The number of carbonyl (C=O) groups excluding carboxylic acids is 1. The van der Waals surface area contributed by atoms with Crippen molar-refractivity contribution < 1.29 is 9.53 Å². The van der Waals surface area contributed by atoms with E-state index in [0.717, 1.165) is 16.9 Å². The van der Waals surface area contributed by atoms with Crippen LogP contribution in [0.5, 0.6) is 5.75 Å². The quantitative estimate of drug-likeness (QED) is 0.736. The van der Waals surface area contributed by atoms with Gasteiger partial charge in [-0.3, -0.25) is 4.79 Å². The molecular weight excluding hydrogens is 212 g/mol. The van der Waals surface area contributed by atoms with Gasteiger partial charge in [0.15, 0.2) is 5.78 Å². The third-order valence-electron chi connectivity index (χ3n) is 2.49. The van der Waals surface area contributed by atoms with Crippen molar-refractivity contribution in [2.24, 2.45) is 0 Å². The summed E-state index contributed by atoms with van der Waals surface area (Å²) in [7, 11) is 1.63. The molecular formula is C15H13O2. The lowest BCUT2D eigenvalue weighted by atomic mass is 10.1. The van der Waals surface area contributed by atoms with Crippen LogP contribution < -0.4 is 4.74 Å². The van der Waals surface area contributed by atoms with E-state index < -0.39 is 0 Å². The molecule has 0 aromatic heterocycles.